The second-order valence-electron chi connectivity index (χ2n) is 10.6. The normalized spacial score (nSPS) is 16.9. The monoisotopic (exact) mass is 548 g/mol. The smallest absolute Gasteiger partial charge is 0.300 e. The molecule has 4 rings (SSSR count). The summed E-state index contributed by atoms with van der Waals surface area (Å²) in [5.74, 6) is -1.33. The molecule has 1 amide bonds. The largest absolute Gasteiger partial charge is 0.507 e. The number of rotatable bonds is 6. The Kier molecular flexibility index (Phi) is 7.66. The van der Waals surface area contributed by atoms with Crippen molar-refractivity contribution in [1.82, 2.24) is 0 Å². The van der Waals surface area contributed by atoms with Crippen LogP contribution in [0.1, 0.15) is 43.5 Å². The molecular weight excluding hydrogens is 516 g/mol. The van der Waals surface area contributed by atoms with Crippen LogP contribution in [-0.2, 0) is 15.0 Å². The maximum Gasteiger partial charge on any atom is 0.300 e. The number of carbonyl (C=O) groups is 2. The zero-order chi connectivity index (χ0) is 28.6. The van der Waals surface area contributed by atoms with E-state index in [0.717, 1.165) is 11.3 Å². The first kappa shape index (κ1) is 28.0. The van der Waals surface area contributed by atoms with Crippen LogP contribution < -0.4 is 19.3 Å². The number of benzene rings is 3. The summed E-state index contributed by atoms with van der Waals surface area (Å²) in [6.07, 6.45) is 0. The molecule has 8 heteroatoms. The summed E-state index contributed by atoms with van der Waals surface area (Å²) in [6, 6.07) is 17.2. The average Bonchev–Trinajstić information content (AvgIpc) is 3.17. The molecule has 1 aliphatic rings. The van der Waals surface area contributed by atoms with Crippen molar-refractivity contribution in [3.05, 3.63) is 87.9 Å². The van der Waals surface area contributed by atoms with Gasteiger partial charge in [-0.3, -0.25) is 14.5 Å². The number of aliphatic hydroxyl groups is 1. The van der Waals surface area contributed by atoms with Gasteiger partial charge in [0, 0.05) is 31.5 Å². The van der Waals surface area contributed by atoms with Crippen molar-refractivity contribution >= 4 is 40.4 Å². The van der Waals surface area contributed by atoms with E-state index in [1.165, 1.54) is 31.3 Å². The number of amides is 1. The number of methoxy groups -OCH3 is 2. The second kappa shape index (κ2) is 10.7. The van der Waals surface area contributed by atoms with Gasteiger partial charge in [-0.1, -0.05) is 56.6 Å². The number of aliphatic hydroxyl groups excluding tert-OH is 1. The Bertz CT molecular complexity index is 1440. The number of ketones is 1. The molecule has 1 saturated heterocycles. The van der Waals surface area contributed by atoms with E-state index in [1.807, 2.05) is 67.5 Å². The molecule has 1 fully saturated rings. The molecule has 0 radical (unpaired) electrons. The highest BCUT2D eigenvalue weighted by atomic mass is 35.5. The van der Waals surface area contributed by atoms with E-state index in [4.69, 9.17) is 21.1 Å². The molecule has 1 N–H and O–H groups in total. The molecule has 0 saturated carbocycles. The maximum atomic E-state index is 13.6. The van der Waals surface area contributed by atoms with Crippen molar-refractivity contribution in [1.29, 1.82) is 0 Å². The van der Waals surface area contributed by atoms with E-state index in [9.17, 15) is 14.7 Å². The van der Waals surface area contributed by atoms with E-state index >= 15 is 0 Å². The zero-order valence-corrected chi connectivity index (χ0v) is 24.0. The molecule has 0 bridgehead atoms. The molecule has 1 heterocycles. The summed E-state index contributed by atoms with van der Waals surface area (Å²) in [6.45, 7) is 6.32. The average molecular weight is 549 g/mol. The highest BCUT2D eigenvalue weighted by Gasteiger charge is 2.47. The third-order valence-corrected chi connectivity index (χ3v) is 7.21. The first-order valence-electron chi connectivity index (χ1n) is 12.5. The van der Waals surface area contributed by atoms with E-state index in [-0.39, 0.29) is 33.1 Å². The van der Waals surface area contributed by atoms with Crippen LogP contribution in [0.2, 0.25) is 5.02 Å². The first-order chi connectivity index (χ1) is 18.4. The third-order valence-electron chi connectivity index (χ3n) is 6.91. The summed E-state index contributed by atoms with van der Waals surface area (Å²) in [4.78, 5) is 30.5. The van der Waals surface area contributed by atoms with Gasteiger partial charge in [0.2, 0.25) is 0 Å². The summed E-state index contributed by atoms with van der Waals surface area (Å²) in [7, 11) is 6.76. The summed E-state index contributed by atoms with van der Waals surface area (Å²) < 4.78 is 10.7. The fourth-order valence-electron chi connectivity index (χ4n) is 4.68. The topological polar surface area (TPSA) is 79.3 Å². The van der Waals surface area contributed by atoms with Crippen molar-refractivity contribution < 1.29 is 24.2 Å². The van der Waals surface area contributed by atoms with Gasteiger partial charge >= 0.3 is 0 Å². The van der Waals surface area contributed by atoms with Crippen LogP contribution in [0.25, 0.3) is 5.76 Å². The van der Waals surface area contributed by atoms with Crippen LogP contribution in [0.4, 0.5) is 11.4 Å². The predicted molar refractivity (Wildman–Crippen MR) is 155 cm³/mol. The Morgan fingerprint density at radius 2 is 1.51 bits per heavy atom. The van der Waals surface area contributed by atoms with Crippen LogP contribution in [0.5, 0.6) is 11.5 Å². The zero-order valence-electron chi connectivity index (χ0n) is 23.2. The third kappa shape index (κ3) is 5.19. The molecule has 7 nitrogen and oxygen atoms in total. The lowest BCUT2D eigenvalue weighted by Gasteiger charge is -2.27. The molecule has 3 aromatic carbocycles. The van der Waals surface area contributed by atoms with E-state index in [2.05, 4.69) is 20.8 Å². The van der Waals surface area contributed by atoms with Gasteiger partial charge < -0.3 is 19.5 Å². The molecule has 1 unspecified atom stereocenters. The van der Waals surface area contributed by atoms with Crippen LogP contribution >= 0.6 is 11.6 Å². The first-order valence-corrected chi connectivity index (χ1v) is 12.9. The Morgan fingerprint density at radius 1 is 0.923 bits per heavy atom. The van der Waals surface area contributed by atoms with Crippen molar-refractivity contribution in [2.45, 2.75) is 32.2 Å². The van der Waals surface area contributed by atoms with E-state index < -0.39 is 17.7 Å². The Hall–Kier alpha value is -3.97. The van der Waals surface area contributed by atoms with Crippen LogP contribution in [0.3, 0.4) is 0 Å². The quantitative estimate of drug-likeness (QED) is 0.220. The fraction of sp³-hybridized carbons (Fsp3) is 0.290. The lowest BCUT2D eigenvalue weighted by Crippen LogP contribution is -2.29. The highest BCUT2D eigenvalue weighted by molar-refractivity contribution is 6.51. The van der Waals surface area contributed by atoms with Gasteiger partial charge in [-0.2, -0.15) is 0 Å². The number of anilines is 2. The minimum Gasteiger partial charge on any atom is -0.507 e. The van der Waals surface area contributed by atoms with Crippen molar-refractivity contribution in [2.75, 3.05) is 38.1 Å². The van der Waals surface area contributed by atoms with Gasteiger partial charge in [-0.05, 0) is 46.9 Å². The lowest BCUT2D eigenvalue weighted by atomic mass is 9.87. The Labute approximate surface area is 234 Å². The molecule has 3 aromatic rings. The minimum atomic E-state index is -0.882. The van der Waals surface area contributed by atoms with Crippen molar-refractivity contribution in [3.63, 3.8) is 0 Å². The van der Waals surface area contributed by atoms with E-state index in [1.54, 1.807) is 0 Å². The van der Waals surface area contributed by atoms with Gasteiger partial charge in [0.25, 0.3) is 11.7 Å². The number of carbonyl (C=O) groups excluding carboxylic acids is 2. The SMILES string of the molecule is COc1cc(OC)c(/C(O)=C2\C(=O)C(=O)N(c3ccc(C(C)(C)C)cc3)C2c2ccc(N(C)C)cc2)cc1Cl. The number of ether oxygens (including phenoxy) is 2. The standard InChI is InChI=1S/C31H33ClN2O5/c1-31(2,3)19-10-14-21(15-11-19)34-27(18-8-12-20(13-9-18)33(4)5)26(29(36)30(34)37)28(35)22-16-23(32)25(39-7)17-24(22)38-6/h8-17,27,35H,1-7H3/b28-26+. The predicted octanol–water partition coefficient (Wildman–Crippen LogP) is 6.35. The van der Waals surface area contributed by atoms with Crippen molar-refractivity contribution in [3.8, 4) is 11.5 Å². The van der Waals surface area contributed by atoms with Crippen molar-refractivity contribution in [2.24, 2.45) is 0 Å². The number of hydrogen-bond donors (Lipinski definition) is 1. The Balaban J connectivity index is 1.95. The van der Waals surface area contributed by atoms with Crippen LogP contribution in [-0.4, -0.2) is 45.1 Å². The second-order valence-corrected chi connectivity index (χ2v) is 11.0. The maximum absolute atomic E-state index is 13.6. The number of halogens is 1. The Morgan fingerprint density at radius 3 is 2.03 bits per heavy atom. The summed E-state index contributed by atoms with van der Waals surface area (Å²) in [5.41, 5.74) is 3.29. The van der Waals surface area contributed by atoms with Gasteiger partial charge in [0.1, 0.15) is 17.3 Å². The highest BCUT2D eigenvalue weighted by Crippen LogP contribution is 2.45. The number of Topliss-reactive ketones (excluding diaryl/α,β-unsaturated/α-hetero) is 1. The molecule has 1 aliphatic heterocycles. The van der Waals surface area contributed by atoms with Crippen LogP contribution in [0.15, 0.2) is 66.2 Å². The minimum absolute atomic E-state index is 0.0583. The van der Waals surface area contributed by atoms with Gasteiger partial charge in [0.05, 0.1) is 36.4 Å². The molecule has 0 aromatic heterocycles. The molecule has 1 atom stereocenters. The number of hydrogen-bond acceptors (Lipinski definition) is 6. The number of nitrogens with zero attached hydrogens (tertiary/aromatic N) is 2. The van der Waals surface area contributed by atoms with Crippen LogP contribution in [0, 0.1) is 0 Å². The molecule has 204 valence electrons. The molecular formula is C31H33ClN2O5. The van der Waals surface area contributed by atoms with Gasteiger partial charge in [-0.15, -0.1) is 0 Å². The summed E-state index contributed by atoms with van der Waals surface area (Å²) in [5, 5.41) is 11.8. The fourth-order valence-corrected chi connectivity index (χ4v) is 4.92. The van der Waals surface area contributed by atoms with E-state index in [0.29, 0.717) is 17.0 Å². The molecule has 0 spiro atoms. The lowest BCUT2D eigenvalue weighted by molar-refractivity contribution is -0.132. The van der Waals surface area contributed by atoms with Gasteiger partial charge in [-0.25, -0.2) is 0 Å². The van der Waals surface area contributed by atoms with Gasteiger partial charge in [0.15, 0.2) is 0 Å². The molecule has 39 heavy (non-hydrogen) atoms. The molecule has 0 aliphatic carbocycles. The summed E-state index contributed by atoms with van der Waals surface area (Å²) >= 11 is 6.37.